The second kappa shape index (κ2) is 7.61. The molecule has 1 aliphatic rings. The summed E-state index contributed by atoms with van der Waals surface area (Å²) in [5.41, 5.74) is 2.91. The Labute approximate surface area is 177 Å². The molecule has 1 fully saturated rings. The molecule has 1 aliphatic heterocycles. The van der Waals surface area contributed by atoms with Gasteiger partial charge in [-0.2, -0.15) is 4.98 Å². The van der Waals surface area contributed by atoms with Gasteiger partial charge in [0.25, 0.3) is 0 Å². The zero-order valence-corrected chi connectivity index (χ0v) is 17.1. The van der Waals surface area contributed by atoms with Crippen molar-refractivity contribution >= 4 is 44.7 Å². The first-order valence-electron chi connectivity index (χ1n) is 9.45. The molecule has 3 heterocycles. The zero-order valence-electron chi connectivity index (χ0n) is 15.6. The van der Waals surface area contributed by atoms with Crippen LogP contribution in [0.5, 0.6) is 0 Å². The van der Waals surface area contributed by atoms with E-state index < -0.39 is 0 Å². The lowest BCUT2D eigenvalue weighted by atomic mass is 10.1. The standard InChI is InChI=1S/C22H18ClFN4S/c23-22-25-20(19-16(14-29-21(19)26-22)15-6-2-1-3-7-15)28-12-10-27(11-13-28)18-9-5-4-8-17(18)24/h1-9,14H,10-13H2. The van der Waals surface area contributed by atoms with Gasteiger partial charge >= 0.3 is 0 Å². The lowest BCUT2D eigenvalue weighted by Crippen LogP contribution is -2.47. The molecule has 0 aliphatic carbocycles. The van der Waals surface area contributed by atoms with Crippen LogP contribution in [0.1, 0.15) is 0 Å². The number of thiophene rings is 1. The van der Waals surface area contributed by atoms with Crippen molar-refractivity contribution in [3.8, 4) is 11.1 Å². The van der Waals surface area contributed by atoms with E-state index in [1.54, 1.807) is 17.4 Å². The fraction of sp³-hybridized carbons (Fsp3) is 0.182. The van der Waals surface area contributed by atoms with Gasteiger partial charge in [0, 0.05) is 37.1 Å². The molecule has 0 radical (unpaired) electrons. The average molecular weight is 425 g/mol. The number of hydrogen-bond donors (Lipinski definition) is 0. The van der Waals surface area contributed by atoms with Crippen LogP contribution < -0.4 is 9.80 Å². The molecule has 0 spiro atoms. The molecular formula is C22H18ClFN4S. The molecule has 1 saturated heterocycles. The summed E-state index contributed by atoms with van der Waals surface area (Å²) in [4.78, 5) is 14.2. The molecule has 0 N–H and O–H groups in total. The Balaban J connectivity index is 1.49. The van der Waals surface area contributed by atoms with Gasteiger partial charge in [0.05, 0.1) is 11.1 Å². The lowest BCUT2D eigenvalue weighted by Gasteiger charge is -2.37. The van der Waals surface area contributed by atoms with E-state index >= 15 is 0 Å². The summed E-state index contributed by atoms with van der Waals surface area (Å²) in [6.07, 6.45) is 0. The topological polar surface area (TPSA) is 32.3 Å². The average Bonchev–Trinajstić information content (AvgIpc) is 3.18. The van der Waals surface area contributed by atoms with Gasteiger partial charge < -0.3 is 9.80 Å². The smallest absolute Gasteiger partial charge is 0.225 e. The van der Waals surface area contributed by atoms with Crippen LogP contribution in [-0.4, -0.2) is 36.1 Å². The monoisotopic (exact) mass is 424 g/mol. The van der Waals surface area contributed by atoms with Crippen molar-refractivity contribution in [2.75, 3.05) is 36.0 Å². The van der Waals surface area contributed by atoms with E-state index in [9.17, 15) is 4.39 Å². The van der Waals surface area contributed by atoms with Gasteiger partial charge in [0.1, 0.15) is 16.5 Å². The summed E-state index contributed by atoms with van der Waals surface area (Å²) in [5, 5.41) is 3.40. The molecule has 0 amide bonds. The third-order valence-electron chi connectivity index (χ3n) is 5.24. The fourth-order valence-corrected chi connectivity index (χ4v) is 4.98. The van der Waals surface area contributed by atoms with E-state index in [4.69, 9.17) is 11.6 Å². The molecule has 146 valence electrons. The number of aromatic nitrogens is 2. The number of para-hydroxylation sites is 1. The van der Waals surface area contributed by atoms with E-state index in [-0.39, 0.29) is 11.1 Å². The molecule has 4 aromatic rings. The Kier molecular flexibility index (Phi) is 4.81. The summed E-state index contributed by atoms with van der Waals surface area (Å²) >= 11 is 7.82. The summed E-state index contributed by atoms with van der Waals surface area (Å²) in [5.74, 6) is 0.672. The third kappa shape index (κ3) is 3.43. The number of anilines is 2. The highest BCUT2D eigenvalue weighted by molar-refractivity contribution is 7.17. The van der Waals surface area contributed by atoms with E-state index in [0.29, 0.717) is 5.69 Å². The van der Waals surface area contributed by atoms with Crippen LogP contribution in [-0.2, 0) is 0 Å². The maximum atomic E-state index is 14.2. The lowest BCUT2D eigenvalue weighted by molar-refractivity contribution is 0.596. The summed E-state index contributed by atoms with van der Waals surface area (Å²) in [7, 11) is 0. The van der Waals surface area contributed by atoms with Crippen LogP contribution in [0.25, 0.3) is 21.3 Å². The van der Waals surface area contributed by atoms with Crippen LogP contribution in [0.4, 0.5) is 15.9 Å². The van der Waals surface area contributed by atoms with Gasteiger partial charge in [0.15, 0.2) is 0 Å². The second-order valence-electron chi connectivity index (χ2n) is 6.94. The predicted molar refractivity (Wildman–Crippen MR) is 119 cm³/mol. The number of halogens is 2. The minimum absolute atomic E-state index is 0.183. The molecule has 0 bridgehead atoms. The van der Waals surface area contributed by atoms with Crippen molar-refractivity contribution < 1.29 is 4.39 Å². The highest BCUT2D eigenvalue weighted by Crippen LogP contribution is 2.39. The van der Waals surface area contributed by atoms with Gasteiger partial charge in [-0.05, 0) is 29.3 Å². The van der Waals surface area contributed by atoms with Crippen LogP contribution in [0, 0.1) is 5.82 Å². The Morgan fingerprint density at radius 2 is 1.55 bits per heavy atom. The third-order valence-corrected chi connectivity index (χ3v) is 6.29. The van der Waals surface area contributed by atoms with Crippen molar-refractivity contribution in [3.63, 3.8) is 0 Å². The van der Waals surface area contributed by atoms with Crippen molar-refractivity contribution in [2.24, 2.45) is 0 Å². The van der Waals surface area contributed by atoms with Crippen molar-refractivity contribution in [1.29, 1.82) is 0 Å². The first-order chi connectivity index (χ1) is 14.2. The fourth-order valence-electron chi connectivity index (χ4n) is 3.82. The number of piperazine rings is 1. The number of hydrogen-bond acceptors (Lipinski definition) is 5. The minimum atomic E-state index is -0.183. The van der Waals surface area contributed by atoms with E-state index in [0.717, 1.165) is 53.3 Å². The SMILES string of the molecule is Fc1ccccc1N1CCN(c2nc(Cl)nc3scc(-c4ccccc4)c23)CC1. The molecule has 0 atom stereocenters. The quantitative estimate of drug-likeness (QED) is 0.408. The van der Waals surface area contributed by atoms with Crippen LogP contribution >= 0.6 is 22.9 Å². The van der Waals surface area contributed by atoms with Gasteiger partial charge in [-0.1, -0.05) is 42.5 Å². The Morgan fingerprint density at radius 3 is 2.31 bits per heavy atom. The maximum Gasteiger partial charge on any atom is 0.225 e. The van der Waals surface area contributed by atoms with Crippen molar-refractivity contribution in [1.82, 2.24) is 9.97 Å². The molecule has 2 aromatic carbocycles. The van der Waals surface area contributed by atoms with Crippen LogP contribution in [0.2, 0.25) is 5.28 Å². The maximum absolute atomic E-state index is 14.2. The molecule has 29 heavy (non-hydrogen) atoms. The van der Waals surface area contributed by atoms with Gasteiger partial charge in [-0.15, -0.1) is 11.3 Å². The normalized spacial score (nSPS) is 14.6. The first-order valence-corrected chi connectivity index (χ1v) is 10.7. The summed E-state index contributed by atoms with van der Waals surface area (Å²) in [6.45, 7) is 2.91. The zero-order chi connectivity index (χ0) is 19.8. The summed E-state index contributed by atoms with van der Waals surface area (Å²) in [6, 6.07) is 17.2. The van der Waals surface area contributed by atoms with Gasteiger partial charge in [0.2, 0.25) is 5.28 Å². The number of fused-ring (bicyclic) bond motifs is 1. The van der Waals surface area contributed by atoms with Crippen molar-refractivity contribution in [3.05, 3.63) is 71.1 Å². The van der Waals surface area contributed by atoms with Crippen molar-refractivity contribution in [2.45, 2.75) is 0 Å². The van der Waals surface area contributed by atoms with E-state index in [1.807, 2.05) is 30.3 Å². The van der Waals surface area contributed by atoms with E-state index in [2.05, 4.69) is 37.3 Å². The van der Waals surface area contributed by atoms with Crippen LogP contribution in [0.3, 0.4) is 0 Å². The predicted octanol–water partition coefficient (Wildman–Crippen LogP) is 5.48. The van der Waals surface area contributed by atoms with Crippen LogP contribution in [0.15, 0.2) is 60.0 Å². The molecule has 2 aromatic heterocycles. The highest BCUT2D eigenvalue weighted by atomic mass is 35.5. The van der Waals surface area contributed by atoms with Gasteiger partial charge in [-0.3, -0.25) is 0 Å². The molecule has 7 heteroatoms. The minimum Gasteiger partial charge on any atom is -0.366 e. The molecular weight excluding hydrogens is 407 g/mol. The second-order valence-corrected chi connectivity index (χ2v) is 8.13. The van der Waals surface area contributed by atoms with Gasteiger partial charge in [-0.25, -0.2) is 9.37 Å². The Morgan fingerprint density at radius 1 is 0.862 bits per heavy atom. The number of benzene rings is 2. The largest absolute Gasteiger partial charge is 0.366 e. The van der Waals surface area contributed by atoms with E-state index in [1.165, 1.54) is 6.07 Å². The number of nitrogens with zero attached hydrogens (tertiary/aromatic N) is 4. The first kappa shape index (κ1) is 18.3. The molecule has 0 saturated carbocycles. The highest BCUT2D eigenvalue weighted by Gasteiger charge is 2.24. The molecule has 4 nitrogen and oxygen atoms in total. The Bertz CT molecular complexity index is 1160. The number of rotatable bonds is 3. The Hall–Kier alpha value is -2.70. The molecule has 5 rings (SSSR count). The summed E-state index contributed by atoms with van der Waals surface area (Å²) < 4.78 is 14.2. The molecule has 0 unspecified atom stereocenters.